The second kappa shape index (κ2) is 13.6. The molecule has 206 valence electrons. The van der Waals surface area contributed by atoms with Crippen LogP contribution in [0.3, 0.4) is 0 Å². The van der Waals surface area contributed by atoms with Gasteiger partial charge in [0, 0.05) is 18.7 Å². The van der Waals surface area contributed by atoms with Crippen LogP contribution in [0.2, 0.25) is 0 Å². The molecule has 0 amide bonds. The van der Waals surface area contributed by atoms with E-state index in [1.807, 2.05) is 30.3 Å². The normalized spacial score (nSPS) is 15.1. The Hall–Kier alpha value is -3.43. The van der Waals surface area contributed by atoms with Crippen molar-refractivity contribution in [3.8, 4) is 0 Å². The molecule has 0 unspecified atom stereocenters. The summed E-state index contributed by atoms with van der Waals surface area (Å²) >= 11 is 0. The molecule has 0 radical (unpaired) electrons. The molecule has 1 aliphatic rings. The van der Waals surface area contributed by atoms with Gasteiger partial charge in [-0.15, -0.1) is 0 Å². The third-order valence-corrected chi connectivity index (χ3v) is 9.24. The molecule has 0 aromatic heterocycles. The number of para-hydroxylation sites is 2. The number of nitro benzene ring substituents is 2. The minimum atomic E-state index is -4.02. The van der Waals surface area contributed by atoms with E-state index < -0.39 is 23.2 Å². The van der Waals surface area contributed by atoms with E-state index in [0.717, 1.165) is 37.7 Å². The Labute approximate surface area is 227 Å². The molecule has 0 heterocycles. The van der Waals surface area contributed by atoms with Crippen LogP contribution in [0.4, 0.5) is 11.4 Å². The van der Waals surface area contributed by atoms with Gasteiger partial charge in [-0.3, -0.25) is 30.1 Å². The minimum absolute atomic E-state index is 0.0233. The number of nitro groups is 2. The van der Waals surface area contributed by atoms with Gasteiger partial charge in [0.15, 0.2) is 0 Å². The Morgan fingerprint density at radius 1 is 0.769 bits per heavy atom. The van der Waals surface area contributed by atoms with Crippen molar-refractivity contribution >= 4 is 19.0 Å². The molecule has 10 nitrogen and oxygen atoms in total. The maximum atomic E-state index is 14.7. The van der Waals surface area contributed by atoms with Gasteiger partial charge in [0.2, 0.25) is 0 Å². The first-order valence-corrected chi connectivity index (χ1v) is 14.6. The molecule has 4 rings (SSSR count). The third-order valence-electron chi connectivity index (χ3n) is 6.97. The molecule has 3 aromatic rings. The highest BCUT2D eigenvalue weighted by atomic mass is 31.2. The molecule has 1 saturated carbocycles. The highest BCUT2D eigenvalue weighted by Gasteiger charge is 2.42. The zero-order chi connectivity index (χ0) is 27.7. The number of hydrogen-bond donors (Lipinski definition) is 1. The third kappa shape index (κ3) is 7.58. The van der Waals surface area contributed by atoms with Crippen molar-refractivity contribution in [3.63, 3.8) is 0 Å². The number of hydrogen-bond acceptors (Lipinski definition) is 8. The van der Waals surface area contributed by atoms with Gasteiger partial charge in [-0.05, 0) is 36.5 Å². The standard InChI is InChI=1S/C28H32N3O7P/c32-30(33)26-17-9-7-15-24(26)20-37-39(36,38-21-25-16-8-10-18-27(25)31(34)35)28(23-13-5-2-6-14-23)29-19-22-11-3-1-4-12-22/h1,3-4,7-12,15-18,23,28-29H,2,5-6,13-14,19-21H2/t28-/m0/s1. The van der Waals surface area contributed by atoms with E-state index in [9.17, 15) is 24.8 Å². The summed E-state index contributed by atoms with van der Waals surface area (Å²) in [5, 5.41) is 26.6. The lowest BCUT2D eigenvalue weighted by Crippen LogP contribution is -2.38. The topological polar surface area (TPSA) is 134 Å². The molecular formula is C28H32N3O7P. The Morgan fingerprint density at radius 2 is 1.26 bits per heavy atom. The lowest BCUT2D eigenvalue weighted by molar-refractivity contribution is -0.385. The summed E-state index contributed by atoms with van der Waals surface area (Å²) in [6, 6.07) is 21.9. The van der Waals surface area contributed by atoms with E-state index in [-0.39, 0.29) is 41.6 Å². The van der Waals surface area contributed by atoms with E-state index >= 15 is 0 Å². The monoisotopic (exact) mass is 553 g/mol. The average Bonchev–Trinajstić information content (AvgIpc) is 2.96. The highest BCUT2D eigenvalue weighted by Crippen LogP contribution is 2.58. The van der Waals surface area contributed by atoms with Crippen LogP contribution in [0.25, 0.3) is 0 Å². The van der Waals surface area contributed by atoms with Gasteiger partial charge >= 0.3 is 7.60 Å². The predicted molar refractivity (Wildman–Crippen MR) is 147 cm³/mol. The van der Waals surface area contributed by atoms with E-state index in [4.69, 9.17) is 9.05 Å². The van der Waals surface area contributed by atoms with Gasteiger partial charge in [-0.1, -0.05) is 73.9 Å². The van der Waals surface area contributed by atoms with Crippen molar-refractivity contribution in [1.29, 1.82) is 0 Å². The number of rotatable bonds is 13. The fraction of sp³-hybridized carbons (Fsp3) is 0.357. The molecule has 0 spiro atoms. The van der Waals surface area contributed by atoms with Crippen LogP contribution in [-0.4, -0.2) is 15.6 Å². The fourth-order valence-corrected chi connectivity index (χ4v) is 7.11. The van der Waals surface area contributed by atoms with E-state index in [2.05, 4.69) is 5.32 Å². The Balaban J connectivity index is 1.66. The van der Waals surface area contributed by atoms with Crippen LogP contribution < -0.4 is 5.32 Å². The largest absolute Gasteiger partial charge is 0.348 e. The number of nitrogens with one attached hydrogen (secondary N) is 1. The lowest BCUT2D eigenvalue weighted by Gasteiger charge is -2.35. The Bertz CT molecular complexity index is 1250. The molecule has 1 N–H and O–H groups in total. The summed E-state index contributed by atoms with van der Waals surface area (Å²) in [6.45, 7) is -0.196. The second-order valence-electron chi connectivity index (χ2n) is 9.57. The van der Waals surface area contributed by atoms with E-state index in [0.29, 0.717) is 6.54 Å². The molecule has 0 aliphatic heterocycles. The van der Waals surface area contributed by atoms with Crippen molar-refractivity contribution in [2.75, 3.05) is 0 Å². The molecule has 0 bridgehead atoms. The van der Waals surface area contributed by atoms with Crippen molar-refractivity contribution < 1.29 is 23.5 Å². The van der Waals surface area contributed by atoms with Crippen LogP contribution in [0.15, 0.2) is 78.9 Å². The molecule has 0 saturated heterocycles. The molecule has 1 fully saturated rings. The van der Waals surface area contributed by atoms with E-state index in [1.165, 1.54) is 12.1 Å². The fourth-order valence-electron chi connectivity index (χ4n) is 4.94. The number of nitrogens with zero attached hydrogens (tertiary/aromatic N) is 2. The maximum absolute atomic E-state index is 14.7. The Kier molecular flexibility index (Phi) is 9.95. The SMILES string of the molecule is O=[N+]([O-])c1ccccc1COP(=O)(OCc1ccccc1[N+](=O)[O-])[C@H](NCc1ccccc1)C1CCCCC1. The van der Waals surface area contributed by atoms with Gasteiger partial charge in [0.25, 0.3) is 11.4 Å². The van der Waals surface area contributed by atoms with Crippen molar-refractivity contribution in [2.45, 2.75) is 57.6 Å². The Morgan fingerprint density at radius 3 is 1.77 bits per heavy atom. The summed E-state index contributed by atoms with van der Waals surface area (Å²) in [4.78, 5) is 22.1. The van der Waals surface area contributed by atoms with E-state index in [1.54, 1.807) is 36.4 Å². The van der Waals surface area contributed by atoms with Gasteiger partial charge < -0.3 is 9.05 Å². The summed E-state index contributed by atoms with van der Waals surface area (Å²) in [5.74, 6) is -0.728. The summed E-state index contributed by atoms with van der Waals surface area (Å²) in [7, 11) is -4.02. The summed E-state index contributed by atoms with van der Waals surface area (Å²) in [5.41, 5.74) is 1.23. The van der Waals surface area contributed by atoms with Crippen molar-refractivity contribution in [1.82, 2.24) is 5.32 Å². The van der Waals surface area contributed by atoms with Crippen LogP contribution in [0.5, 0.6) is 0 Å². The smallest absolute Gasteiger partial charge is 0.302 e. The molecule has 1 aliphatic carbocycles. The second-order valence-corrected chi connectivity index (χ2v) is 11.7. The van der Waals surface area contributed by atoms with Crippen LogP contribution >= 0.6 is 7.60 Å². The molecule has 1 atom stereocenters. The molecule has 3 aromatic carbocycles. The summed E-state index contributed by atoms with van der Waals surface area (Å²) < 4.78 is 26.8. The first-order chi connectivity index (χ1) is 18.9. The first-order valence-electron chi connectivity index (χ1n) is 13.0. The summed E-state index contributed by atoms with van der Waals surface area (Å²) in [6.07, 6.45) is 4.67. The molecule has 39 heavy (non-hydrogen) atoms. The van der Waals surface area contributed by atoms with Crippen LogP contribution in [-0.2, 0) is 33.4 Å². The average molecular weight is 554 g/mol. The maximum Gasteiger partial charge on any atom is 0.348 e. The lowest BCUT2D eigenvalue weighted by atomic mass is 9.89. The van der Waals surface area contributed by atoms with Gasteiger partial charge in [0.1, 0.15) is 5.78 Å². The first kappa shape index (κ1) is 28.6. The zero-order valence-corrected chi connectivity index (χ0v) is 22.4. The molecular weight excluding hydrogens is 521 g/mol. The molecule has 11 heteroatoms. The number of benzene rings is 3. The minimum Gasteiger partial charge on any atom is -0.302 e. The quantitative estimate of drug-likeness (QED) is 0.134. The zero-order valence-electron chi connectivity index (χ0n) is 21.5. The van der Waals surface area contributed by atoms with Crippen molar-refractivity contribution in [2.24, 2.45) is 5.92 Å². The van der Waals surface area contributed by atoms with Gasteiger partial charge in [-0.25, -0.2) is 0 Å². The van der Waals surface area contributed by atoms with Gasteiger partial charge in [0.05, 0.1) is 34.2 Å². The predicted octanol–water partition coefficient (Wildman–Crippen LogP) is 7.13. The van der Waals surface area contributed by atoms with Gasteiger partial charge in [-0.2, -0.15) is 0 Å². The van der Waals surface area contributed by atoms with Crippen LogP contribution in [0.1, 0.15) is 48.8 Å². The van der Waals surface area contributed by atoms with Crippen molar-refractivity contribution in [3.05, 3.63) is 116 Å². The highest BCUT2D eigenvalue weighted by molar-refractivity contribution is 7.54. The van der Waals surface area contributed by atoms with Crippen LogP contribution in [0, 0.1) is 26.1 Å².